The number of aliphatic hydroxyl groups is 1. The zero-order valence-electron chi connectivity index (χ0n) is 15.0. The van der Waals surface area contributed by atoms with E-state index in [4.69, 9.17) is 4.74 Å². The van der Waals surface area contributed by atoms with Crippen molar-refractivity contribution in [3.05, 3.63) is 42.5 Å². The van der Waals surface area contributed by atoms with Crippen LogP contribution in [-0.4, -0.2) is 63.0 Å². The van der Waals surface area contributed by atoms with Crippen LogP contribution >= 0.6 is 0 Å². The molecule has 0 radical (unpaired) electrons. The second kappa shape index (κ2) is 7.90. The Bertz CT molecular complexity index is 770. The van der Waals surface area contributed by atoms with E-state index < -0.39 is 21.4 Å². The monoisotopic (exact) mass is 378 g/mol. The highest BCUT2D eigenvalue weighted by Gasteiger charge is 2.42. The number of carbonyl (C=O) groups excluding carboxylic acids is 1. The van der Waals surface area contributed by atoms with Gasteiger partial charge in [-0.1, -0.05) is 30.4 Å². The fraction of sp³-hybridized carbons (Fsp3) is 0.526. The highest BCUT2D eigenvalue weighted by Crippen LogP contribution is 2.33. The number of benzene rings is 1. The molecule has 1 N–H and O–H groups in total. The normalized spacial score (nSPS) is 30.5. The summed E-state index contributed by atoms with van der Waals surface area (Å²) in [5.41, 5.74) is 0.265. The Balaban J connectivity index is 1.69. The summed E-state index contributed by atoms with van der Waals surface area (Å²) in [6, 6.07) is 9.39. The lowest BCUT2D eigenvalue weighted by atomic mass is 9.94. The maximum Gasteiger partial charge on any atom is 0.255 e. The molecule has 0 saturated carbocycles. The molecule has 2 aliphatic heterocycles. The van der Waals surface area contributed by atoms with Gasteiger partial charge in [0.05, 0.1) is 27.6 Å². The Kier molecular flexibility index (Phi) is 5.79. The standard InChI is InChI=1S/C19H26N2O4S/c1-2-6-17(22)18(23)21-11-12-25-19(15-21)9-13-26(24,14-10-19)20-16-7-4-3-5-8-16/h2-8,17,22H,9-15H2,1H3/b6-2+. The minimum atomic E-state index is -2.30. The molecule has 2 saturated heterocycles. The fourth-order valence-electron chi connectivity index (χ4n) is 3.48. The Morgan fingerprint density at radius 1 is 1.35 bits per heavy atom. The van der Waals surface area contributed by atoms with Crippen molar-refractivity contribution in [1.29, 1.82) is 0 Å². The number of hydrogen-bond donors (Lipinski definition) is 1. The number of nitrogens with zero attached hydrogens (tertiary/aromatic N) is 2. The average Bonchev–Trinajstić information content (AvgIpc) is 2.65. The summed E-state index contributed by atoms with van der Waals surface area (Å²) in [5.74, 6) is 0.619. The largest absolute Gasteiger partial charge is 0.379 e. The second-order valence-electron chi connectivity index (χ2n) is 6.87. The van der Waals surface area contributed by atoms with Crippen LogP contribution in [0.4, 0.5) is 5.69 Å². The Morgan fingerprint density at radius 2 is 2.04 bits per heavy atom. The van der Waals surface area contributed by atoms with E-state index in [0.29, 0.717) is 44.0 Å². The van der Waals surface area contributed by atoms with Crippen molar-refractivity contribution in [3.63, 3.8) is 0 Å². The molecule has 1 unspecified atom stereocenters. The van der Waals surface area contributed by atoms with Gasteiger partial charge in [-0.05, 0) is 31.9 Å². The predicted octanol–water partition coefficient (Wildman–Crippen LogP) is 2.11. The van der Waals surface area contributed by atoms with Gasteiger partial charge in [0, 0.05) is 24.6 Å². The van der Waals surface area contributed by atoms with Crippen molar-refractivity contribution in [1.82, 2.24) is 4.90 Å². The van der Waals surface area contributed by atoms with E-state index in [1.54, 1.807) is 17.9 Å². The van der Waals surface area contributed by atoms with Crippen LogP contribution in [0.5, 0.6) is 0 Å². The summed E-state index contributed by atoms with van der Waals surface area (Å²) >= 11 is 0. The summed E-state index contributed by atoms with van der Waals surface area (Å²) in [6.45, 7) is 3.11. The van der Waals surface area contributed by atoms with E-state index in [-0.39, 0.29) is 5.91 Å². The van der Waals surface area contributed by atoms with Gasteiger partial charge in [-0.25, -0.2) is 4.21 Å². The number of carbonyl (C=O) groups is 1. The molecule has 26 heavy (non-hydrogen) atoms. The van der Waals surface area contributed by atoms with Crippen molar-refractivity contribution >= 4 is 21.3 Å². The van der Waals surface area contributed by atoms with Gasteiger partial charge in [0.1, 0.15) is 0 Å². The Morgan fingerprint density at radius 3 is 2.69 bits per heavy atom. The molecule has 2 fully saturated rings. The van der Waals surface area contributed by atoms with Crippen LogP contribution in [0.3, 0.4) is 0 Å². The van der Waals surface area contributed by atoms with Crippen LogP contribution in [0.2, 0.25) is 0 Å². The third-order valence-corrected chi connectivity index (χ3v) is 7.20. The SMILES string of the molecule is C/C=C/C(O)C(=O)N1CCOC2(CCS(=O)(=Nc3ccccc3)CC2)C1. The molecule has 1 amide bonds. The van der Waals surface area contributed by atoms with Crippen LogP contribution in [-0.2, 0) is 19.3 Å². The van der Waals surface area contributed by atoms with Gasteiger partial charge in [-0.2, -0.15) is 4.36 Å². The summed E-state index contributed by atoms with van der Waals surface area (Å²) in [5, 5.41) is 9.92. The molecule has 2 aliphatic rings. The molecule has 2 heterocycles. The van der Waals surface area contributed by atoms with Gasteiger partial charge in [-0.3, -0.25) is 4.79 Å². The van der Waals surface area contributed by atoms with Gasteiger partial charge in [0.15, 0.2) is 6.10 Å². The molecule has 1 spiro atoms. The van der Waals surface area contributed by atoms with Gasteiger partial charge < -0.3 is 14.7 Å². The minimum Gasteiger partial charge on any atom is -0.379 e. The van der Waals surface area contributed by atoms with Gasteiger partial charge in [0.25, 0.3) is 5.91 Å². The molecule has 7 heteroatoms. The van der Waals surface area contributed by atoms with Crippen LogP contribution in [0.25, 0.3) is 0 Å². The molecule has 1 aromatic rings. The lowest BCUT2D eigenvalue weighted by Crippen LogP contribution is -2.58. The number of allylic oxidation sites excluding steroid dienone is 1. The number of hydrogen-bond acceptors (Lipinski definition) is 5. The van der Waals surface area contributed by atoms with Crippen molar-refractivity contribution in [3.8, 4) is 0 Å². The first-order valence-corrected chi connectivity index (χ1v) is 10.8. The summed E-state index contributed by atoms with van der Waals surface area (Å²) < 4.78 is 23.5. The van der Waals surface area contributed by atoms with Crippen molar-refractivity contribution < 1.29 is 18.8 Å². The molecule has 1 aromatic carbocycles. The van der Waals surface area contributed by atoms with Crippen molar-refractivity contribution in [2.45, 2.75) is 31.5 Å². The van der Waals surface area contributed by atoms with E-state index in [0.717, 1.165) is 5.69 Å². The highest BCUT2D eigenvalue weighted by molar-refractivity contribution is 7.93. The van der Waals surface area contributed by atoms with Crippen LogP contribution in [0.15, 0.2) is 46.8 Å². The minimum absolute atomic E-state index is 0.300. The van der Waals surface area contributed by atoms with E-state index >= 15 is 0 Å². The first-order valence-electron chi connectivity index (χ1n) is 8.97. The fourth-order valence-corrected chi connectivity index (χ4v) is 5.75. The van der Waals surface area contributed by atoms with Gasteiger partial charge >= 0.3 is 0 Å². The number of morpholine rings is 1. The van der Waals surface area contributed by atoms with Crippen LogP contribution < -0.4 is 0 Å². The smallest absolute Gasteiger partial charge is 0.255 e. The molecule has 6 nitrogen and oxygen atoms in total. The van der Waals surface area contributed by atoms with Gasteiger partial charge in [-0.15, -0.1) is 0 Å². The molecule has 3 rings (SSSR count). The summed E-state index contributed by atoms with van der Waals surface area (Å²) in [6.07, 6.45) is 3.24. The topological polar surface area (TPSA) is 79.2 Å². The highest BCUT2D eigenvalue weighted by atomic mass is 32.2. The van der Waals surface area contributed by atoms with E-state index in [1.807, 2.05) is 30.3 Å². The third-order valence-electron chi connectivity index (χ3n) is 4.97. The number of aliphatic hydroxyl groups excluding tert-OH is 1. The Hall–Kier alpha value is -1.70. The molecule has 1 atom stereocenters. The molecule has 0 aliphatic carbocycles. The average molecular weight is 378 g/mol. The first kappa shape index (κ1) is 19.1. The number of ether oxygens (including phenoxy) is 1. The molecule has 0 bridgehead atoms. The van der Waals surface area contributed by atoms with Crippen LogP contribution in [0, 0.1) is 0 Å². The first-order chi connectivity index (χ1) is 12.5. The maximum absolute atomic E-state index is 13.1. The van der Waals surface area contributed by atoms with Crippen molar-refractivity contribution in [2.75, 3.05) is 31.2 Å². The van der Waals surface area contributed by atoms with Crippen molar-refractivity contribution in [2.24, 2.45) is 4.36 Å². The molecular formula is C19H26N2O4S. The van der Waals surface area contributed by atoms with E-state index in [2.05, 4.69) is 4.36 Å². The molecule has 0 aromatic heterocycles. The van der Waals surface area contributed by atoms with E-state index in [1.165, 1.54) is 6.08 Å². The molecular weight excluding hydrogens is 352 g/mol. The number of amides is 1. The lowest BCUT2D eigenvalue weighted by molar-refractivity contribution is -0.157. The van der Waals surface area contributed by atoms with E-state index in [9.17, 15) is 14.1 Å². The van der Waals surface area contributed by atoms with Crippen LogP contribution in [0.1, 0.15) is 19.8 Å². The quantitative estimate of drug-likeness (QED) is 0.817. The third kappa shape index (κ3) is 4.34. The predicted molar refractivity (Wildman–Crippen MR) is 102 cm³/mol. The van der Waals surface area contributed by atoms with Gasteiger partial charge in [0.2, 0.25) is 0 Å². The lowest BCUT2D eigenvalue weighted by Gasteiger charge is -2.45. The zero-order valence-corrected chi connectivity index (χ0v) is 15.9. The Labute approximate surface area is 155 Å². The zero-order chi connectivity index (χ0) is 18.6. The summed E-state index contributed by atoms with van der Waals surface area (Å²) in [7, 11) is -2.30. The number of rotatable bonds is 3. The second-order valence-corrected chi connectivity index (χ2v) is 9.41. The molecule has 142 valence electrons. The summed E-state index contributed by atoms with van der Waals surface area (Å²) in [4.78, 5) is 14.0. The maximum atomic E-state index is 13.1.